The van der Waals surface area contributed by atoms with Crippen LogP contribution in [0, 0.1) is 23.4 Å². The normalized spacial score (nSPS) is 10.3. The van der Waals surface area contributed by atoms with E-state index < -0.39 is 16.1 Å². The van der Waals surface area contributed by atoms with Crippen LogP contribution in [-0.2, 0) is 0 Å². The molecule has 0 N–H and O–H groups in total. The summed E-state index contributed by atoms with van der Waals surface area (Å²) in [5.74, 6) is 3.31. The van der Waals surface area contributed by atoms with E-state index in [9.17, 15) is 0 Å². The van der Waals surface area contributed by atoms with Crippen molar-refractivity contribution in [3.63, 3.8) is 0 Å². The van der Waals surface area contributed by atoms with Gasteiger partial charge in [-0.1, -0.05) is 146 Å². The Bertz CT molecular complexity index is 1340. The first-order valence-corrected chi connectivity index (χ1v) is 20.2. The smallest absolute Gasteiger partial charge is 0.129 e. The molecule has 0 atom stereocenters. The van der Waals surface area contributed by atoms with E-state index in [0.29, 0.717) is 0 Å². The molecular weight excluding hydrogens is 544 g/mol. The number of terminal acetylenes is 1. The highest BCUT2D eigenvalue weighted by Crippen LogP contribution is 2.22. The van der Waals surface area contributed by atoms with E-state index in [4.69, 9.17) is 6.42 Å². The lowest BCUT2D eigenvalue weighted by atomic mass is 10.0. The Kier molecular flexibility index (Phi) is 11.9. The molecule has 37 heavy (non-hydrogen) atoms. The molecule has 4 rings (SSSR count). The van der Waals surface area contributed by atoms with Gasteiger partial charge in [-0.3, -0.25) is 0 Å². The van der Waals surface area contributed by atoms with Gasteiger partial charge in [0.2, 0.25) is 0 Å². The Labute approximate surface area is 235 Å². The summed E-state index contributed by atoms with van der Waals surface area (Å²) in [7, 11) is -2.40. The molecule has 0 unspecified atom stereocenters. The summed E-state index contributed by atoms with van der Waals surface area (Å²) in [4.78, 5) is 0. The van der Waals surface area contributed by atoms with Crippen LogP contribution in [0.25, 0.3) is 22.3 Å². The first-order chi connectivity index (χ1) is 17.5. The minimum Gasteiger partial charge on any atom is -0.135 e. The lowest BCUT2D eigenvalue weighted by Gasteiger charge is -2.04. The second-order valence-electron chi connectivity index (χ2n) is 10.7. The third-order valence-corrected chi connectivity index (χ3v) is 7.15. The molecule has 0 fully saturated rings. The molecule has 4 aromatic carbocycles. The molecule has 0 aliphatic rings. The van der Waals surface area contributed by atoms with Crippen molar-refractivity contribution in [2.45, 2.75) is 39.3 Å². The number of hydrogen-bond donors (Lipinski definition) is 0. The standard InChI is InChI=1S/C17H18Si.C12H9Br.C5H10Si/c1-18(2,3)13-12-15-8-7-11-17(14-15)16-9-5-4-6-10-16;13-12-8-4-7-11(9-12)10-5-2-1-3-6-10;1-5-6(2,3)4/h4-11,14H,1-3H3;1-9H;1H,2-4H3. The fourth-order valence-corrected chi connectivity index (χ4v) is 3.88. The Morgan fingerprint density at radius 2 is 0.973 bits per heavy atom. The van der Waals surface area contributed by atoms with Crippen molar-refractivity contribution < 1.29 is 0 Å². The molecule has 0 bridgehead atoms. The largest absolute Gasteiger partial charge is 0.135 e. The predicted octanol–water partition coefficient (Wildman–Crippen LogP) is 10.2. The lowest BCUT2D eigenvalue weighted by molar-refractivity contribution is 1.59. The molecule has 0 amide bonds. The maximum Gasteiger partial charge on any atom is 0.129 e. The summed E-state index contributed by atoms with van der Waals surface area (Å²) < 4.78 is 1.12. The van der Waals surface area contributed by atoms with Gasteiger partial charge in [0.15, 0.2) is 0 Å². The van der Waals surface area contributed by atoms with E-state index in [-0.39, 0.29) is 0 Å². The molecule has 0 saturated carbocycles. The molecule has 4 aromatic rings. The topological polar surface area (TPSA) is 0 Å². The van der Waals surface area contributed by atoms with Crippen LogP contribution < -0.4 is 0 Å². The van der Waals surface area contributed by atoms with E-state index in [1.807, 2.05) is 24.3 Å². The lowest BCUT2D eigenvalue weighted by Crippen LogP contribution is -2.16. The van der Waals surface area contributed by atoms with Gasteiger partial charge < -0.3 is 0 Å². The number of benzene rings is 4. The van der Waals surface area contributed by atoms with Crippen LogP contribution in [0.1, 0.15) is 5.56 Å². The number of rotatable bonds is 2. The maximum atomic E-state index is 5.12. The number of hydrogen-bond acceptors (Lipinski definition) is 0. The molecule has 3 heteroatoms. The first-order valence-electron chi connectivity index (χ1n) is 12.4. The summed E-state index contributed by atoms with van der Waals surface area (Å²) in [6, 6.07) is 37.6. The molecule has 0 heterocycles. The summed E-state index contributed by atoms with van der Waals surface area (Å²) >= 11 is 3.46. The van der Waals surface area contributed by atoms with Crippen LogP contribution in [0.4, 0.5) is 0 Å². The molecule has 188 valence electrons. The van der Waals surface area contributed by atoms with Crippen molar-refractivity contribution in [1.82, 2.24) is 0 Å². The fraction of sp³-hybridized carbons (Fsp3) is 0.176. The van der Waals surface area contributed by atoms with E-state index >= 15 is 0 Å². The van der Waals surface area contributed by atoms with Gasteiger partial charge in [-0.15, -0.1) is 17.5 Å². The maximum absolute atomic E-state index is 5.12. The SMILES string of the molecule is Brc1cccc(-c2ccccc2)c1.C#C[Si](C)(C)C.C[Si](C)(C)C#Cc1cccc(-c2ccccc2)c1. The second kappa shape index (κ2) is 14.6. The second-order valence-corrected chi connectivity index (χ2v) is 21.2. The van der Waals surface area contributed by atoms with Crippen molar-refractivity contribution in [3.8, 4) is 45.7 Å². The Morgan fingerprint density at radius 3 is 1.41 bits per heavy atom. The van der Waals surface area contributed by atoms with Gasteiger partial charge in [0, 0.05) is 10.0 Å². The average Bonchev–Trinajstić information content (AvgIpc) is 2.89. The quantitative estimate of drug-likeness (QED) is 0.163. The summed E-state index contributed by atoms with van der Waals surface area (Å²) in [6.45, 7) is 13.2. The predicted molar refractivity (Wildman–Crippen MR) is 174 cm³/mol. The minimum atomic E-state index is -1.30. The van der Waals surface area contributed by atoms with Crippen LogP contribution in [0.3, 0.4) is 0 Å². The average molecular weight is 582 g/mol. The van der Waals surface area contributed by atoms with Gasteiger partial charge in [-0.25, -0.2) is 0 Å². The van der Waals surface area contributed by atoms with Crippen molar-refractivity contribution in [1.29, 1.82) is 0 Å². The van der Waals surface area contributed by atoms with Crippen LogP contribution >= 0.6 is 15.9 Å². The van der Waals surface area contributed by atoms with Crippen molar-refractivity contribution in [2.75, 3.05) is 0 Å². The molecule has 0 radical (unpaired) electrons. The molecule has 0 aromatic heterocycles. The highest BCUT2D eigenvalue weighted by molar-refractivity contribution is 9.10. The van der Waals surface area contributed by atoms with E-state index in [1.165, 1.54) is 22.3 Å². The third kappa shape index (κ3) is 12.6. The zero-order chi connectivity index (χ0) is 27.3. The molecule has 0 aliphatic heterocycles. The van der Waals surface area contributed by atoms with Crippen molar-refractivity contribution in [2.24, 2.45) is 0 Å². The first kappa shape index (κ1) is 30.1. The van der Waals surface area contributed by atoms with Crippen LogP contribution in [-0.4, -0.2) is 16.1 Å². The third-order valence-electron chi connectivity index (χ3n) is 4.92. The summed E-state index contributed by atoms with van der Waals surface area (Å²) in [5.41, 5.74) is 12.2. The highest BCUT2D eigenvalue weighted by Gasteiger charge is 2.07. The Morgan fingerprint density at radius 1 is 0.541 bits per heavy atom. The molecule has 0 spiro atoms. The molecule has 0 aliphatic carbocycles. The zero-order valence-corrected chi connectivity index (χ0v) is 26.4. The fourth-order valence-electron chi connectivity index (χ4n) is 2.97. The summed E-state index contributed by atoms with van der Waals surface area (Å²) in [6.07, 6.45) is 5.12. The van der Waals surface area contributed by atoms with Crippen molar-refractivity contribution in [3.05, 3.63) is 119 Å². The van der Waals surface area contributed by atoms with Crippen LogP contribution in [0.15, 0.2) is 114 Å². The van der Waals surface area contributed by atoms with Crippen LogP contribution in [0.2, 0.25) is 39.3 Å². The van der Waals surface area contributed by atoms with E-state index in [1.54, 1.807) is 0 Å². The van der Waals surface area contributed by atoms with Gasteiger partial charge in [0.1, 0.15) is 16.1 Å². The zero-order valence-electron chi connectivity index (χ0n) is 22.8. The minimum absolute atomic E-state index is 1.10. The van der Waals surface area contributed by atoms with Crippen LogP contribution in [0.5, 0.6) is 0 Å². The molecule has 0 nitrogen and oxygen atoms in total. The van der Waals surface area contributed by atoms with Gasteiger partial charge >= 0.3 is 0 Å². The highest BCUT2D eigenvalue weighted by atomic mass is 79.9. The molecule has 0 saturated heterocycles. The molecular formula is C34H37BrSi2. The van der Waals surface area contributed by atoms with Crippen molar-refractivity contribution >= 4 is 32.1 Å². The monoisotopic (exact) mass is 580 g/mol. The Balaban J connectivity index is 0.000000221. The van der Waals surface area contributed by atoms with Gasteiger partial charge in [0.05, 0.1) is 0 Å². The van der Waals surface area contributed by atoms with Gasteiger partial charge in [-0.05, 0) is 46.5 Å². The number of halogens is 1. The summed E-state index contributed by atoms with van der Waals surface area (Å²) in [5, 5.41) is 0. The van der Waals surface area contributed by atoms with E-state index in [2.05, 4.69) is 157 Å². The Hall–Kier alpha value is -3.09. The van der Waals surface area contributed by atoms with E-state index in [0.717, 1.165) is 10.0 Å². The van der Waals surface area contributed by atoms with Gasteiger partial charge in [-0.2, -0.15) is 0 Å². The van der Waals surface area contributed by atoms with Gasteiger partial charge in [0.25, 0.3) is 0 Å².